The molecule has 1 aliphatic carbocycles. The molecule has 0 radical (unpaired) electrons. The molecule has 0 N–H and O–H groups in total. The molecule has 0 amide bonds. The van der Waals surface area contributed by atoms with E-state index in [1.807, 2.05) is 84.9 Å². The van der Waals surface area contributed by atoms with E-state index >= 15 is 0 Å². The molecule has 0 spiro atoms. The number of Topliss-reactive ketones (excluding diaryl/α,β-unsaturated/α-hetero) is 1. The first-order valence-electron chi connectivity index (χ1n) is 11.5. The number of halogens is 1. The molecule has 0 aromatic heterocycles. The Morgan fingerprint density at radius 3 is 1.84 bits per heavy atom. The van der Waals surface area contributed by atoms with Crippen LogP contribution in [0.2, 0.25) is 5.02 Å². The van der Waals surface area contributed by atoms with Gasteiger partial charge in [0.1, 0.15) is 5.78 Å². The summed E-state index contributed by atoms with van der Waals surface area (Å²) in [6.45, 7) is 0. The molecule has 0 saturated heterocycles. The van der Waals surface area contributed by atoms with Crippen molar-refractivity contribution in [3.05, 3.63) is 130 Å². The fraction of sp³-hybridized carbons (Fsp3) is 0.207. The molecular formula is C29H26ClNa2O4P. The molecule has 0 heterocycles. The smallest absolute Gasteiger partial charge is 0.807 e. The fourth-order valence-electron chi connectivity index (χ4n) is 4.70. The Morgan fingerprint density at radius 1 is 0.838 bits per heavy atom. The van der Waals surface area contributed by atoms with E-state index in [-0.39, 0.29) is 82.6 Å². The van der Waals surface area contributed by atoms with Crippen LogP contribution >= 0.6 is 19.2 Å². The maximum atomic E-state index is 14.3. The molecule has 3 aromatic rings. The second-order valence-corrected chi connectivity index (χ2v) is 11.0. The third-order valence-corrected chi connectivity index (χ3v) is 7.73. The Morgan fingerprint density at radius 2 is 1.35 bits per heavy atom. The second-order valence-electron chi connectivity index (χ2n) is 9.06. The van der Waals surface area contributed by atoms with Gasteiger partial charge in [-0.25, -0.2) is 0 Å². The van der Waals surface area contributed by atoms with E-state index in [1.165, 1.54) is 12.2 Å². The summed E-state index contributed by atoms with van der Waals surface area (Å²) in [5.41, 5.74) is 2.07. The summed E-state index contributed by atoms with van der Waals surface area (Å²) in [7, 11) is -4.90. The molecule has 0 aliphatic heterocycles. The van der Waals surface area contributed by atoms with Gasteiger partial charge in [-0.05, 0) is 67.4 Å². The van der Waals surface area contributed by atoms with Crippen LogP contribution in [0.1, 0.15) is 23.1 Å². The third kappa shape index (κ3) is 8.88. The van der Waals surface area contributed by atoms with E-state index in [0.29, 0.717) is 24.3 Å². The van der Waals surface area contributed by atoms with Crippen molar-refractivity contribution >= 4 is 25.0 Å². The number of rotatable bonds is 9. The van der Waals surface area contributed by atoms with E-state index in [0.717, 1.165) is 16.7 Å². The summed E-state index contributed by atoms with van der Waals surface area (Å²) in [5, 5.41) is 0.374. The fourth-order valence-corrected chi connectivity index (χ4v) is 5.40. The zero-order valence-electron chi connectivity index (χ0n) is 21.2. The van der Waals surface area contributed by atoms with Crippen molar-refractivity contribution in [2.75, 3.05) is 0 Å². The minimum absolute atomic E-state index is 0. The van der Waals surface area contributed by atoms with Gasteiger partial charge in [0, 0.05) is 10.9 Å². The van der Waals surface area contributed by atoms with Crippen LogP contribution in [0, 0.1) is 11.3 Å². The van der Waals surface area contributed by atoms with E-state index in [4.69, 9.17) is 11.6 Å². The average molecular weight is 551 g/mol. The summed E-state index contributed by atoms with van der Waals surface area (Å²) >= 11 is 6.07. The summed E-state index contributed by atoms with van der Waals surface area (Å²) in [4.78, 5) is 37.6. The minimum atomic E-state index is -4.90. The number of hydrogen-bond acceptors (Lipinski definition) is 4. The van der Waals surface area contributed by atoms with Crippen LogP contribution in [0.5, 0.6) is 0 Å². The van der Waals surface area contributed by atoms with Gasteiger partial charge in [-0.3, -0.25) is 4.79 Å². The quantitative estimate of drug-likeness (QED) is 0.261. The number of carbonyl (C=O) groups is 1. The first kappa shape index (κ1) is 32.5. The van der Waals surface area contributed by atoms with E-state index in [1.54, 1.807) is 6.08 Å². The molecular weight excluding hydrogens is 525 g/mol. The molecule has 2 atom stereocenters. The Kier molecular flexibility index (Phi) is 12.8. The number of carbonyl (C=O) groups excluding carboxylic acids is 1. The summed E-state index contributed by atoms with van der Waals surface area (Å²) in [5.74, 6) is -0.327. The van der Waals surface area contributed by atoms with E-state index in [9.17, 15) is 19.1 Å². The van der Waals surface area contributed by atoms with Crippen molar-refractivity contribution in [1.29, 1.82) is 0 Å². The van der Waals surface area contributed by atoms with Gasteiger partial charge in [-0.15, -0.1) is 0 Å². The van der Waals surface area contributed by atoms with Crippen LogP contribution < -0.4 is 68.9 Å². The first-order valence-corrected chi connectivity index (χ1v) is 13.5. The Balaban J connectivity index is 0.00000241. The van der Waals surface area contributed by atoms with Crippen molar-refractivity contribution in [1.82, 2.24) is 0 Å². The molecule has 1 aliphatic rings. The molecule has 37 heavy (non-hydrogen) atoms. The predicted molar refractivity (Wildman–Crippen MR) is 136 cm³/mol. The monoisotopic (exact) mass is 550 g/mol. The Bertz CT molecular complexity index is 1270. The third-order valence-electron chi connectivity index (χ3n) is 6.51. The molecule has 2 unspecified atom stereocenters. The van der Waals surface area contributed by atoms with Crippen molar-refractivity contribution in [3.63, 3.8) is 0 Å². The first-order chi connectivity index (χ1) is 16.7. The van der Waals surface area contributed by atoms with Crippen LogP contribution in [0.4, 0.5) is 0 Å². The summed E-state index contributed by atoms with van der Waals surface area (Å²) in [6.07, 6.45) is 6.00. The van der Waals surface area contributed by atoms with Crippen molar-refractivity contribution in [3.8, 4) is 0 Å². The Labute approximate surface area is 268 Å². The van der Waals surface area contributed by atoms with Gasteiger partial charge < -0.3 is 14.4 Å². The number of allylic oxidation sites excluding steroid dienone is 4. The van der Waals surface area contributed by atoms with Gasteiger partial charge in [0.25, 0.3) is 0 Å². The van der Waals surface area contributed by atoms with Gasteiger partial charge in [0.15, 0.2) is 0 Å². The van der Waals surface area contributed by atoms with Crippen molar-refractivity contribution < 1.29 is 78.3 Å². The van der Waals surface area contributed by atoms with Gasteiger partial charge in [0.05, 0.1) is 5.41 Å². The molecule has 4 nitrogen and oxygen atoms in total. The zero-order chi connectivity index (χ0) is 24.9. The van der Waals surface area contributed by atoms with Crippen molar-refractivity contribution in [2.24, 2.45) is 11.3 Å². The standard InChI is InChI=1S/C29H28ClO4P.2Na/c30-26-13-11-23(12-14-26)20-25(19-22-7-3-1-4-8-22)28(31)29(21-24-9-5-2-6-10-24)17-15-27(16-18-29)35(32,33)34;;/h1-17,25H,18-21H2,(H2,32,33,34);;/q;2*+1/p-2. The maximum absolute atomic E-state index is 14.3. The topological polar surface area (TPSA) is 80.3 Å². The number of hydrogen-bond donors (Lipinski definition) is 0. The maximum Gasteiger partial charge on any atom is 1.00 e. The normalized spacial score (nSPS) is 17.6. The summed E-state index contributed by atoms with van der Waals surface area (Å²) < 4.78 is 11.6. The van der Waals surface area contributed by atoms with Crippen LogP contribution in [0.3, 0.4) is 0 Å². The van der Waals surface area contributed by atoms with Gasteiger partial charge in [-0.1, -0.05) is 103 Å². The van der Waals surface area contributed by atoms with Crippen LogP contribution in [0.25, 0.3) is 0 Å². The molecule has 180 valence electrons. The molecule has 0 bridgehead atoms. The minimum Gasteiger partial charge on any atom is -0.807 e. The van der Waals surface area contributed by atoms with Crippen LogP contribution in [-0.2, 0) is 28.6 Å². The van der Waals surface area contributed by atoms with Gasteiger partial charge >= 0.3 is 59.1 Å². The van der Waals surface area contributed by atoms with Gasteiger partial charge in [-0.2, -0.15) is 0 Å². The summed E-state index contributed by atoms with van der Waals surface area (Å²) in [6, 6.07) is 27.0. The largest absolute Gasteiger partial charge is 1.00 e. The SMILES string of the molecule is O=C(C(Cc1ccccc1)Cc1ccc(Cl)cc1)C1(Cc2ccccc2)C=CC(P(=O)([O-])[O-])=CC1.[Na+].[Na+]. The van der Waals surface area contributed by atoms with Gasteiger partial charge in [0.2, 0.25) is 0 Å². The Hall–Kier alpha value is -0.750. The van der Waals surface area contributed by atoms with Crippen molar-refractivity contribution in [2.45, 2.75) is 25.7 Å². The van der Waals surface area contributed by atoms with Crippen LogP contribution in [0.15, 0.2) is 108 Å². The molecule has 0 saturated carbocycles. The number of ketones is 1. The average Bonchev–Trinajstić information content (AvgIpc) is 2.85. The molecule has 3 aromatic carbocycles. The second kappa shape index (κ2) is 14.6. The molecule has 8 heteroatoms. The van der Waals surface area contributed by atoms with E-state index < -0.39 is 13.0 Å². The molecule has 0 fully saturated rings. The van der Waals surface area contributed by atoms with Crippen LogP contribution in [-0.4, -0.2) is 5.78 Å². The van der Waals surface area contributed by atoms with E-state index in [2.05, 4.69) is 0 Å². The predicted octanol–water partition coefficient (Wildman–Crippen LogP) is -0.695. The number of benzene rings is 3. The molecule has 4 rings (SSSR count). The zero-order valence-corrected chi connectivity index (χ0v) is 26.8.